The number of hydrogen-bond donors (Lipinski definition) is 0. The van der Waals surface area contributed by atoms with Gasteiger partial charge in [-0.15, -0.1) is 4.74 Å². The van der Waals surface area contributed by atoms with Crippen molar-refractivity contribution in [3.05, 3.63) is 22.2 Å². The molecule has 2 rings (SSSR count). The van der Waals surface area contributed by atoms with Crippen molar-refractivity contribution in [2.24, 2.45) is 0 Å². The van der Waals surface area contributed by atoms with Crippen LogP contribution in [-0.2, 0) is 11.2 Å². The topological polar surface area (TPSA) is 64.7 Å². The lowest BCUT2D eigenvalue weighted by molar-refractivity contribution is 0.0478. The van der Waals surface area contributed by atoms with E-state index in [-0.39, 0.29) is 6.03 Å². The van der Waals surface area contributed by atoms with Gasteiger partial charge in [-0.3, -0.25) is 0 Å². The number of aryl methyl sites for hydroxylation is 1. The van der Waals surface area contributed by atoms with Crippen LogP contribution in [0.4, 0.5) is 4.79 Å². The molecule has 1 aromatic heterocycles. The third-order valence-corrected chi connectivity index (χ3v) is 2.54. The summed E-state index contributed by atoms with van der Waals surface area (Å²) in [6.45, 7) is 3.98. The maximum absolute atomic E-state index is 12.0. The summed E-state index contributed by atoms with van der Waals surface area (Å²) in [5.41, 5.74) is 0.111. The van der Waals surface area contributed by atoms with Crippen molar-refractivity contribution in [1.82, 2.24) is 9.64 Å². The highest BCUT2D eigenvalue weighted by Gasteiger charge is 2.22. The molecule has 1 saturated heterocycles. The van der Waals surface area contributed by atoms with E-state index < -0.39 is 5.63 Å². The fourth-order valence-electron chi connectivity index (χ4n) is 1.66. The highest BCUT2D eigenvalue weighted by molar-refractivity contribution is 5.76. The summed E-state index contributed by atoms with van der Waals surface area (Å²) in [4.78, 5) is 24.7. The third kappa shape index (κ3) is 2.01. The Morgan fingerprint density at radius 1 is 1.44 bits per heavy atom. The molecule has 6 heteroatoms. The van der Waals surface area contributed by atoms with E-state index in [0.717, 1.165) is 4.74 Å². The molecule has 88 valence electrons. The number of carbonyl (C=O) groups excluding carboxylic acids is 1. The predicted molar refractivity (Wildman–Crippen MR) is 55.5 cm³/mol. The Kier molecular flexibility index (Phi) is 3.09. The van der Waals surface area contributed by atoms with Crippen molar-refractivity contribution in [1.29, 1.82) is 0 Å². The van der Waals surface area contributed by atoms with Crippen LogP contribution in [0.2, 0.25) is 0 Å². The van der Waals surface area contributed by atoms with Crippen molar-refractivity contribution in [2.75, 3.05) is 26.3 Å². The van der Waals surface area contributed by atoms with Crippen molar-refractivity contribution < 1.29 is 14.1 Å². The zero-order chi connectivity index (χ0) is 11.5. The highest BCUT2D eigenvalue weighted by Crippen LogP contribution is 2.05. The first-order valence-corrected chi connectivity index (χ1v) is 5.31. The van der Waals surface area contributed by atoms with E-state index in [4.69, 9.17) is 9.26 Å². The van der Waals surface area contributed by atoms with Crippen LogP contribution in [0.3, 0.4) is 0 Å². The number of aromatic nitrogens is 1. The van der Waals surface area contributed by atoms with Gasteiger partial charge in [0.2, 0.25) is 0 Å². The van der Waals surface area contributed by atoms with E-state index >= 15 is 0 Å². The maximum atomic E-state index is 12.0. The molecule has 6 nitrogen and oxygen atoms in total. The van der Waals surface area contributed by atoms with Gasteiger partial charge in [0.05, 0.1) is 18.9 Å². The van der Waals surface area contributed by atoms with Gasteiger partial charge in [-0.1, -0.05) is 6.92 Å². The van der Waals surface area contributed by atoms with Crippen LogP contribution in [0.1, 0.15) is 12.6 Å². The van der Waals surface area contributed by atoms with Gasteiger partial charge in [0.25, 0.3) is 0 Å². The van der Waals surface area contributed by atoms with E-state index in [9.17, 15) is 9.59 Å². The molecule has 0 unspecified atom stereocenters. The fraction of sp³-hybridized carbons (Fsp3) is 0.600. The number of rotatable bonds is 1. The lowest BCUT2D eigenvalue weighted by Gasteiger charge is -2.26. The summed E-state index contributed by atoms with van der Waals surface area (Å²) in [5, 5.41) is 0. The van der Waals surface area contributed by atoms with Gasteiger partial charge in [0.15, 0.2) is 0 Å². The van der Waals surface area contributed by atoms with E-state index in [1.54, 1.807) is 4.90 Å². The normalized spacial score (nSPS) is 16.4. The molecule has 1 amide bonds. The first-order valence-electron chi connectivity index (χ1n) is 5.31. The quantitative estimate of drug-likeness (QED) is 0.691. The van der Waals surface area contributed by atoms with Gasteiger partial charge >= 0.3 is 11.7 Å². The summed E-state index contributed by atoms with van der Waals surface area (Å²) in [6, 6.07) is 1.06. The first-order chi connectivity index (χ1) is 7.72. The summed E-state index contributed by atoms with van der Waals surface area (Å²) in [7, 11) is 0. The Morgan fingerprint density at radius 3 is 2.75 bits per heavy atom. The molecule has 0 spiro atoms. The molecule has 0 aliphatic carbocycles. The zero-order valence-corrected chi connectivity index (χ0v) is 9.14. The molecular formula is C10H14N2O4. The van der Waals surface area contributed by atoms with Crippen molar-refractivity contribution >= 4 is 6.03 Å². The van der Waals surface area contributed by atoms with Crippen molar-refractivity contribution in [2.45, 2.75) is 13.3 Å². The van der Waals surface area contributed by atoms with Gasteiger partial charge in [-0.05, 0) is 6.42 Å². The molecule has 1 aliphatic rings. The molecule has 0 atom stereocenters. The van der Waals surface area contributed by atoms with Gasteiger partial charge in [-0.25, -0.2) is 9.59 Å². The Balaban J connectivity index is 2.21. The second-order valence-electron chi connectivity index (χ2n) is 3.58. The highest BCUT2D eigenvalue weighted by atomic mass is 16.5. The number of nitrogens with zero attached hydrogens (tertiary/aromatic N) is 2. The minimum Gasteiger partial charge on any atom is -0.378 e. The van der Waals surface area contributed by atoms with Crippen LogP contribution in [0.25, 0.3) is 0 Å². The van der Waals surface area contributed by atoms with E-state index in [1.165, 1.54) is 6.07 Å². The van der Waals surface area contributed by atoms with Gasteiger partial charge in [-0.2, -0.15) is 0 Å². The van der Waals surface area contributed by atoms with Crippen LogP contribution in [0.5, 0.6) is 0 Å². The summed E-state index contributed by atoms with van der Waals surface area (Å²) < 4.78 is 11.1. The minimum atomic E-state index is -0.488. The minimum absolute atomic E-state index is 0.290. The zero-order valence-electron chi connectivity index (χ0n) is 9.14. The average Bonchev–Trinajstić information content (AvgIpc) is 2.70. The van der Waals surface area contributed by atoms with Crippen LogP contribution in [0.15, 0.2) is 15.4 Å². The second-order valence-corrected chi connectivity index (χ2v) is 3.58. The van der Waals surface area contributed by atoms with Crippen LogP contribution < -0.4 is 5.63 Å². The molecule has 0 saturated carbocycles. The van der Waals surface area contributed by atoms with E-state index in [2.05, 4.69) is 0 Å². The smallest absolute Gasteiger partial charge is 0.358 e. The van der Waals surface area contributed by atoms with Gasteiger partial charge < -0.3 is 14.2 Å². The number of carbonyl (C=O) groups is 1. The Hall–Kier alpha value is -1.56. The van der Waals surface area contributed by atoms with E-state index in [0.29, 0.717) is 38.4 Å². The van der Waals surface area contributed by atoms with E-state index in [1.807, 2.05) is 6.92 Å². The third-order valence-electron chi connectivity index (χ3n) is 2.54. The van der Waals surface area contributed by atoms with Crippen molar-refractivity contribution in [3.8, 4) is 0 Å². The van der Waals surface area contributed by atoms with Crippen LogP contribution in [0, 0.1) is 0 Å². The lowest BCUT2D eigenvalue weighted by atomic mass is 10.3. The lowest BCUT2D eigenvalue weighted by Crippen LogP contribution is -2.43. The number of ether oxygens (including phenoxy) is 1. The van der Waals surface area contributed by atoms with Crippen LogP contribution >= 0.6 is 0 Å². The second kappa shape index (κ2) is 4.52. The summed E-state index contributed by atoms with van der Waals surface area (Å²) in [6.07, 6.45) is 0.585. The molecule has 1 aliphatic heterocycles. The molecular weight excluding hydrogens is 212 g/mol. The maximum Gasteiger partial charge on any atom is 0.358 e. The summed E-state index contributed by atoms with van der Waals surface area (Å²) in [5.74, 6) is 0. The average molecular weight is 226 g/mol. The Bertz CT molecular complexity index is 428. The van der Waals surface area contributed by atoms with Crippen molar-refractivity contribution in [3.63, 3.8) is 0 Å². The van der Waals surface area contributed by atoms with Crippen LogP contribution in [-0.4, -0.2) is 42.0 Å². The Labute approximate surface area is 92.4 Å². The molecule has 1 fully saturated rings. The SMILES string of the molecule is CCc1cc(=O)on1C(=O)N1CCOCC1. The molecule has 0 aromatic carbocycles. The molecule has 2 heterocycles. The monoisotopic (exact) mass is 226 g/mol. The number of hydrogen-bond acceptors (Lipinski definition) is 4. The molecule has 1 aromatic rings. The molecule has 0 radical (unpaired) electrons. The Morgan fingerprint density at radius 2 is 2.12 bits per heavy atom. The predicted octanol–water partition coefficient (Wildman–Crippen LogP) is 0.304. The largest absolute Gasteiger partial charge is 0.378 e. The standard InChI is InChI=1S/C10H14N2O4/c1-2-8-7-9(13)16-12(8)10(14)11-3-5-15-6-4-11/h7H,2-6H2,1H3. The summed E-state index contributed by atoms with van der Waals surface area (Å²) >= 11 is 0. The van der Waals surface area contributed by atoms with Gasteiger partial charge in [0, 0.05) is 19.2 Å². The molecule has 0 N–H and O–H groups in total. The van der Waals surface area contributed by atoms with Gasteiger partial charge in [0.1, 0.15) is 0 Å². The number of morpholine rings is 1. The number of amides is 1. The first kappa shape index (κ1) is 10.9. The fourth-order valence-corrected chi connectivity index (χ4v) is 1.66. The molecule has 16 heavy (non-hydrogen) atoms. The molecule has 0 bridgehead atoms.